The minimum Gasteiger partial charge on any atom is -0.501 e. The molecular weight excluding hydrogens is 942 g/mol. The molecule has 0 bridgehead atoms. The molecule has 0 N–H and O–H groups in total. The number of aryl methyl sites for hydroxylation is 1. The second-order valence-corrected chi connectivity index (χ2v) is 17.3. The predicted octanol–water partition coefficient (Wildman–Crippen LogP) is 15.5. The van der Waals surface area contributed by atoms with Gasteiger partial charge in [-0.15, -0.1) is 54.1 Å². The Labute approximate surface area is 384 Å². The maximum atomic E-state index is 14.5. The number of halogens is 1. The normalized spacial score (nSPS) is 13.5. The number of rotatable bonds is 6. The van der Waals surface area contributed by atoms with Crippen LogP contribution >= 0.6 is 0 Å². The Morgan fingerprint density at radius 2 is 1.48 bits per heavy atom. The summed E-state index contributed by atoms with van der Waals surface area (Å²) in [5, 5.41) is 6.36. The van der Waals surface area contributed by atoms with Gasteiger partial charge in [0.15, 0.2) is 0 Å². The molecule has 0 amide bonds. The second kappa shape index (κ2) is 17.1. The van der Waals surface area contributed by atoms with E-state index in [1.807, 2.05) is 60.7 Å². The van der Waals surface area contributed by atoms with E-state index < -0.39 is 18.6 Å². The zero-order valence-electron chi connectivity index (χ0n) is 40.8. The molecule has 0 fully saturated rings. The van der Waals surface area contributed by atoms with Crippen LogP contribution in [0.4, 0.5) is 4.39 Å². The van der Waals surface area contributed by atoms with Crippen LogP contribution in [-0.2, 0) is 26.5 Å². The quantitative estimate of drug-likeness (QED) is 0.123. The molecule has 1 radical (unpaired) electrons. The number of hydrogen-bond acceptors (Lipinski definition) is 3. The third-order valence-corrected chi connectivity index (χ3v) is 11.1. The molecule has 4 nitrogen and oxygen atoms in total. The van der Waals surface area contributed by atoms with Gasteiger partial charge >= 0.3 is 0 Å². The molecule has 0 atom stereocenters. The molecule has 0 aliphatic heterocycles. The first kappa shape index (κ1) is 36.7. The van der Waals surface area contributed by atoms with Crippen LogP contribution < -0.4 is 0 Å². The monoisotopic (exact) mass is 997 g/mol. The van der Waals surface area contributed by atoms with Gasteiger partial charge in [0.05, 0.1) is 22.4 Å². The Balaban J connectivity index is 0.000000187. The number of hydrogen-bond donors (Lipinski definition) is 0. The van der Waals surface area contributed by atoms with Crippen LogP contribution in [-0.4, -0.2) is 14.5 Å². The number of benzene rings is 7. The summed E-state index contributed by atoms with van der Waals surface area (Å²) >= 11 is 0. The first-order chi connectivity index (χ1) is 31.3. The first-order valence-electron chi connectivity index (χ1n) is 23.3. The molecule has 0 aliphatic rings. The van der Waals surface area contributed by atoms with Crippen molar-refractivity contribution in [1.29, 1.82) is 0 Å². The van der Waals surface area contributed by atoms with E-state index in [1.54, 1.807) is 45.0 Å². The largest absolute Gasteiger partial charge is 0.501 e. The minimum atomic E-state index is -2.50. The number of pyridine rings is 1. The molecule has 3 heterocycles. The van der Waals surface area contributed by atoms with Crippen LogP contribution in [0, 0.1) is 30.2 Å². The summed E-state index contributed by atoms with van der Waals surface area (Å²) in [5.41, 5.74) is 7.35. The van der Waals surface area contributed by atoms with Crippen molar-refractivity contribution in [3.63, 3.8) is 0 Å². The van der Waals surface area contributed by atoms with Crippen molar-refractivity contribution in [2.45, 2.75) is 73.5 Å². The molecule has 313 valence electrons. The maximum absolute atomic E-state index is 14.5. The third kappa shape index (κ3) is 8.10. The van der Waals surface area contributed by atoms with Crippen LogP contribution in [0.15, 0.2) is 138 Å². The molecule has 3 aromatic heterocycles. The molecule has 0 saturated carbocycles. The second-order valence-electron chi connectivity index (χ2n) is 17.3. The Hall–Kier alpha value is -5.94. The van der Waals surface area contributed by atoms with Crippen LogP contribution in [0.3, 0.4) is 0 Å². The van der Waals surface area contributed by atoms with Gasteiger partial charge < -0.3 is 14.0 Å². The maximum Gasteiger partial charge on any atom is 0.123 e. The van der Waals surface area contributed by atoms with Gasteiger partial charge in [0.1, 0.15) is 11.4 Å². The Morgan fingerprint density at radius 3 is 2.21 bits per heavy atom. The number of para-hydroxylation sites is 2. The number of aromatic nitrogens is 3. The van der Waals surface area contributed by atoms with Gasteiger partial charge in [-0.2, -0.15) is 0 Å². The molecular formula is C56H50FIrN3O-2. The van der Waals surface area contributed by atoms with E-state index in [0.717, 1.165) is 77.1 Å². The van der Waals surface area contributed by atoms with E-state index in [2.05, 4.69) is 91.8 Å². The molecule has 0 unspecified atom stereocenters. The van der Waals surface area contributed by atoms with Crippen molar-refractivity contribution in [1.82, 2.24) is 14.5 Å². The van der Waals surface area contributed by atoms with Gasteiger partial charge in [0, 0.05) is 44.2 Å². The molecule has 6 heteroatoms. The molecule has 7 aromatic carbocycles. The van der Waals surface area contributed by atoms with Crippen molar-refractivity contribution in [3.05, 3.63) is 174 Å². The van der Waals surface area contributed by atoms with E-state index >= 15 is 0 Å². The third-order valence-electron chi connectivity index (χ3n) is 11.1. The molecule has 10 rings (SSSR count). The van der Waals surface area contributed by atoms with Crippen LogP contribution in [0.2, 0.25) is 0 Å². The average Bonchev–Trinajstić information content (AvgIpc) is 3.86. The van der Waals surface area contributed by atoms with Crippen molar-refractivity contribution in [2.24, 2.45) is 5.41 Å². The van der Waals surface area contributed by atoms with Gasteiger partial charge in [-0.1, -0.05) is 120 Å². The number of fused-ring (bicyclic) bond motifs is 7. The van der Waals surface area contributed by atoms with Crippen LogP contribution in [0.5, 0.6) is 0 Å². The smallest absolute Gasteiger partial charge is 0.123 e. The van der Waals surface area contributed by atoms with Crippen molar-refractivity contribution >= 4 is 54.5 Å². The van der Waals surface area contributed by atoms with Gasteiger partial charge in [0.2, 0.25) is 0 Å². The van der Waals surface area contributed by atoms with Gasteiger partial charge in [-0.05, 0) is 111 Å². The van der Waals surface area contributed by atoms with Crippen molar-refractivity contribution in [2.75, 3.05) is 0 Å². The van der Waals surface area contributed by atoms with Crippen molar-refractivity contribution in [3.8, 4) is 28.3 Å². The zero-order valence-corrected chi connectivity index (χ0v) is 38.2. The minimum absolute atomic E-state index is 0. The fourth-order valence-electron chi connectivity index (χ4n) is 8.28. The fraction of sp³-hybridized carbons (Fsp3) is 0.214. The summed E-state index contributed by atoms with van der Waals surface area (Å²) in [4.78, 5) is 9.39. The Bertz CT molecular complexity index is 3430. The number of furan rings is 1. The van der Waals surface area contributed by atoms with E-state index in [4.69, 9.17) is 16.3 Å². The molecule has 0 saturated heterocycles. The molecule has 0 spiro atoms. The summed E-state index contributed by atoms with van der Waals surface area (Å²) in [6.45, 7) is 11.2. The summed E-state index contributed by atoms with van der Waals surface area (Å²) < 4.78 is 64.8. The zero-order chi connectivity index (χ0) is 46.9. The van der Waals surface area contributed by atoms with Crippen molar-refractivity contribution < 1.29 is 35.8 Å². The topological polar surface area (TPSA) is 43.9 Å². The Kier molecular flexibility index (Phi) is 10.1. The van der Waals surface area contributed by atoms with E-state index in [9.17, 15) is 4.39 Å². The Morgan fingerprint density at radius 1 is 0.758 bits per heavy atom. The number of imidazole rings is 1. The summed E-state index contributed by atoms with van der Waals surface area (Å²) in [5.74, 6) is 1.000. The molecule has 0 aliphatic carbocycles. The standard InChI is InChI=1S/C31H26NO.C25H24FN2.Ir/c1-19-18-32-28(15-22(19)17-31(2,3)4)25-11-7-10-24-27-14-21-13-12-20-8-5-6-9-23(20)26(21)16-29(27)33-30(24)25;1-16(2)20-14-19(26)15-21(17(3)4)24(20)28-23-13-9-8-12-22(23)27-25(28)18-10-6-5-7-11-18;/h5-10,12-16,18H,17H2,1-4H3;5-10,12-17H,1-4H3;/q2*-1;/i1D3,17D2;;. The average molecular weight is 997 g/mol. The van der Waals surface area contributed by atoms with E-state index in [-0.39, 0.29) is 48.9 Å². The fourth-order valence-corrected chi connectivity index (χ4v) is 8.28. The summed E-state index contributed by atoms with van der Waals surface area (Å²) in [6, 6.07) is 47.8. The molecule has 10 aromatic rings. The van der Waals surface area contributed by atoms with E-state index in [0.29, 0.717) is 16.8 Å². The van der Waals surface area contributed by atoms with Crippen LogP contribution in [0.25, 0.3) is 82.8 Å². The van der Waals surface area contributed by atoms with Gasteiger partial charge in [-0.25, -0.2) is 4.39 Å². The molecule has 62 heavy (non-hydrogen) atoms. The number of nitrogens with zero attached hydrogens (tertiary/aromatic N) is 3. The predicted molar refractivity (Wildman–Crippen MR) is 252 cm³/mol. The van der Waals surface area contributed by atoms with Gasteiger partial charge in [0.25, 0.3) is 0 Å². The van der Waals surface area contributed by atoms with Crippen LogP contribution in [0.1, 0.15) is 89.4 Å². The first-order valence-corrected chi connectivity index (χ1v) is 20.8. The summed E-state index contributed by atoms with van der Waals surface area (Å²) in [6.07, 6.45) is -0.647. The SMILES string of the molecule is CC(C)c1cc(F)cc(C(C)C)c1-n1c(-c2[c-]cccc2)nc2ccccc21.[2H]C([2H])([2H])c1cnc(-c2[c-]ccc3c2oc2cc4c(ccc5ccccc54)cc23)cc1C([2H])([2H])C(C)(C)C.[Ir]. The summed E-state index contributed by atoms with van der Waals surface area (Å²) in [7, 11) is 0. The van der Waals surface area contributed by atoms with E-state index in [1.165, 1.54) is 6.20 Å². The van der Waals surface area contributed by atoms with Gasteiger partial charge in [-0.3, -0.25) is 4.98 Å².